The van der Waals surface area contributed by atoms with Crippen LogP contribution >= 0.6 is 0 Å². The van der Waals surface area contributed by atoms with Crippen molar-refractivity contribution in [2.24, 2.45) is 0 Å². The molecular formula is C20H19FN6O. The Hall–Kier alpha value is -3.39. The first-order valence-corrected chi connectivity index (χ1v) is 8.98. The SMILES string of the molecule is CCOCCNc1ncc(-c2nc3ccncc3n2-c2ccc(F)cc2)cn1. The van der Waals surface area contributed by atoms with Gasteiger partial charge in [0.2, 0.25) is 5.95 Å². The molecule has 8 heteroatoms. The lowest BCUT2D eigenvalue weighted by molar-refractivity contribution is 0.158. The van der Waals surface area contributed by atoms with Crippen molar-refractivity contribution in [1.82, 2.24) is 24.5 Å². The van der Waals surface area contributed by atoms with Crippen molar-refractivity contribution in [3.05, 3.63) is 60.9 Å². The minimum atomic E-state index is -0.293. The van der Waals surface area contributed by atoms with E-state index in [0.717, 1.165) is 22.3 Å². The molecule has 0 atom stereocenters. The van der Waals surface area contributed by atoms with Crippen LogP contribution in [-0.4, -0.2) is 44.3 Å². The minimum Gasteiger partial charge on any atom is -0.380 e. The Bertz CT molecular complexity index is 1060. The summed E-state index contributed by atoms with van der Waals surface area (Å²) < 4.78 is 20.6. The van der Waals surface area contributed by atoms with Crippen LogP contribution in [0.2, 0.25) is 0 Å². The van der Waals surface area contributed by atoms with E-state index < -0.39 is 0 Å². The van der Waals surface area contributed by atoms with Gasteiger partial charge in [0.1, 0.15) is 11.6 Å². The summed E-state index contributed by atoms with van der Waals surface area (Å²) in [5.74, 6) is 0.892. The number of rotatable bonds is 7. The summed E-state index contributed by atoms with van der Waals surface area (Å²) in [7, 11) is 0. The van der Waals surface area contributed by atoms with Gasteiger partial charge in [-0.05, 0) is 37.3 Å². The fourth-order valence-corrected chi connectivity index (χ4v) is 2.88. The third-order valence-electron chi connectivity index (χ3n) is 4.19. The normalized spacial score (nSPS) is 11.1. The Morgan fingerprint density at radius 2 is 1.86 bits per heavy atom. The van der Waals surface area contributed by atoms with Crippen molar-refractivity contribution >= 4 is 17.0 Å². The van der Waals surface area contributed by atoms with Gasteiger partial charge in [0.15, 0.2) is 0 Å². The molecule has 0 aliphatic heterocycles. The lowest BCUT2D eigenvalue weighted by atomic mass is 10.2. The molecular weight excluding hydrogens is 359 g/mol. The molecule has 28 heavy (non-hydrogen) atoms. The topological polar surface area (TPSA) is 77.8 Å². The van der Waals surface area contributed by atoms with E-state index in [1.54, 1.807) is 36.9 Å². The summed E-state index contributed by atoms with van der Waals surface area (Å²) in [6, 6.07) is 8.09. The molecule has 0 spiro atoms. The van der Waals surface area contributed by atoms with Crippen molar-refractivity contribution in [2.45, 2.75) is 6.92 Å². The highest BCUT2D eigenvalue weighted by Crippen LogP contribution is 2.27. The predicted molar refractivity (Wildman–Crippen MR) is 105 cm³/mol. The molecule has 3 heterocycles. The maximum atomic E-state index is 13.4. The lowest BCUT2D eigenvalue weighted by Gasteiger charge is -2.10. The van der Waals surface area contributed by atoms with E-state index in [9.17, 15) is 4.39 Å². The molecule has 0 aliphatic carbocycles. The van der Waals surface area contributed by atoms with Gasteiger partial charge in [-0.25, -0.2) is 19.3 Å². The number of hydrogen-bond donors (Lipinski definition) is 1. The Morgan fingerprint density at radius 1 is 1.07 bits per heavy atom. The highest BCUT2D eigenvalue weighted by atomic mass is 19.1. The van der Waals surface area contributed by atoms with Gasteiger partial charge in [-0.15, -0.1) is 0 Å². The Balaban J connectivity index is 1.70. The monoisotopic (exact) mass is 378 g/mol. The van der Waals surface area contributed by atoms with E-state index in [4.69, 9.17) is 9.72 Å². The van der Waals surface area contributed by atoms with Crippen LogP contribution in [0.25, 0.3) is 28.1 Å². The van der Waals surface area contributed by atoms with E-state index >= 15 is 0 Å². The first-order valence-electron chi connectivity index (χ1n) is 8.98. The number of halogens is 1. The van der Waals surface area contributed by atoms with Gasteiger partial charge < -0.3 is 10.1 Å². The van der Waals surface area contributed by atoms with Crippen LogP contribution in [0.4, 0.5) is 10.3 Å². The maximum absolute atomic E-state index is 13.4. The number of pyridine rings is 1. The second-order valence-corrected chi connectivity index (χ2v) is 6.03. The van der Waals surface area contributed by atoms with E-state index in [1.807, 2.05) is 17.6 Å². The molecule has 4 rings (SSSR count). The third-order valence-corrected chi connectivity index (χ3v) is 4.19. The summed E-state index contributed by atoms with van der Waals surface area (Å²) in [4.78, 5) is 17.6. The fraction of sp³-hybridized carbons (Fsp3) is 0.200. The minimum absolute atomic E-state index is 0.293. The predicted octanol–water partition coefficient (Wildman–Crippen LogP) is 3.47. The summed E-state index contributed by atoms with van der Waals surface area (Å²) in [5, 5.41) is 3.11. The molecule has 0 radical (unpaired) electrons. The molecule has 0 saturated heterocycles. The van der Waals surface area contributed by atoms with Gasteiger partial charge in [0.25, 0.3) is 0 Å². The zero-order chi connectivity index (χ0) is 19.3. The van der Waals surface area contributed by atoms with Crippen molar-refractivity contribution in [3.63, 3.8) is 0 Å². The van der Waals surface area contributed by atoms with Crippen molar-refractivity contribution in [1.29, 1.82) is 0 Å². The number of nitrogens with one attached hydrogen (secondary N) is 1. The van der Waals surface area contributed by atoms with Gasteiger partial charge in [-0.3, -0.25) is 9.55 Å². The molecule has 1 aromatic carbocycles. The molecule has 7 nitrogen and oxygen atoms in total. The van der Waals surface area contributed by atoms with Crippen LogP contribution in [0, 0.1) is 5.82 Å². The van der Waals surface area contributed by atoms with E-state index in [0.29, 0.717) is 31.5 Å². The number of aromatic nitrogens is 5. The van der Waals surface area contributed by atoms with Crippen LogP contribution < -0.4 is 5.32 Å². The second kappa shape index (κ2) is 8.10. The average molecular weight is 378 g/mol. The Kier molecular flexibility index (Phi) is 5.20. The molecule has 3 aromatic heterocycles. The zero-order valence-electron chi connectivity index (χ0n) is 15.3. The average Bonchev–Trinajstić information content (AvgIpc) is 3.12. The first kappa shape index (κ1) is 18.0. The van der Waals surface area contributed by atoms with Gasteiger partial charge in [0.05, 0.1) is 29.4 Å². The van der Waals surface area contributed by atoms with Gasteiger partial charge in [-0.1, -0.05) is 0 Å². The highest BCUT2D eigenvalue weighted by molar-refractivity contribution is 5.82. The zero-order valence-corrected chi connectivity index (χ0v) is 15.3. The molecule has 0 saturated carbocycles. The summed E-state index contributed by atoms with van der Waals surface area (Å²) >= 11 is 0. The van der Waals surface area contributed by atoms with Crippen LogP contribution in [-0.2, 0) is 4.74 Å². The summed E-state index contributed by atoms with van der Waals surface area (Å²) in [5.41, 5.74) is 3.14. The molecule has 0 bridgehead atoms. The van der Waals surface area contributed by atoms with Gasteiger partial charge in [0, 0.05) is 37.4 Å². The number of fused-ring (bicyclic) bond motifs is 1. The molecule has 0 fully saturated rings. The highest BCUT2D eigenvalue weighted by Gasteiger charge is 2.15. The van der Waals surface area contributed by atoms with Crippen molar-refractivity contribution in [3.8, 4) is 17.1 Å². The first-order chi connectivity index (χ1) is 13.8. The van der Waals surface area contributed by atoms with Crippen LogP contribution in [0.5, 0.6) is 0 Å². The van der Waals surface area contributed by atoms with E-state index in [1.165, 1.54) is 12.1 Å². The van der Waals surface area contributed by atoms with Crippen LogP contribution in [0.3, 0.4) is 0 Å². The molecule has 0 amide bonds. The number of nitrogens with zero attached hydrogens (tertiary/aromatic N) is 5. The molecule has 4 aromatic rings. The number of benzene rings is 1. The number of ether oxygens (including phenoxy) is 1. The molecule has 1 N–H and O–H groups in total. The van der Waals surface area contributed by atoms with Crippen LogP contribution in [0.1, 0.15) is 6.92 Å². The second-order valence-electron chi connectivity index (χ2n) is 6.03. The van der Waals surface area contributed by atoms with Crippen molar-refractivity contribution < 1.29 is 9.13 Å². The third kappa shape index (κ3) is 3.67. The smallest absolute Gasteiger partial charge is 0.222 e. The Morgan fingerprint density at radius 3 is 2.61 bits per heavy atom. The van der Waals surface area contributed by atoms with E-state index in [2.05, 4.69) is 20.3 Å². The largest absolute Gasteiger partial charge is 0.380 e. The lowest BCUT2D eigenvalue weighted by Crippen LogP contribution is -2.11. The van der Waals surface area contributed by atoms with Gasteiger partial charge in [-0.2, -0.15) is 0 Å². The van der Waals surface area contributed by atoms with Gasteiger partial charge >= 0.3 is 0 Å². The summed E-state index contributed by atoms with van der Waals surface area (Å²) in [6.45, 7) is 3.85. The fourth-order valence-electron chi connectivity index (χ4n) is 2.88. The molecule has 0 aliphatic rings. The molecule has 0 unspecified atom stereocenters. The Labute approximate surface area is 161 Å². The van der Waals surface area contributed by atoms with Crippen LogP contribution in [0.15, 0.2) is 55.1 Å². The standard InChI is InChI=1S/C20H19FN6O/c1-2-28-10-9-23-20-24-11-14(12-25-20)19-26-17-7-8-22-13-18(17)27(19)16-5-3-15(21)4-6-16/h3-8,11-13H,2,9-10H2,1H3,(H,23,24,25). The maximum Gasteiger partial charge on any atom is 0.222 e. The quantitative estimate of drug-likeness (QED) is 0.496. The number of anilines is 1. The van der Waals surface area contributed by atoms with Crippen molar-refractivity contribution in [2.75, 3.05) is 25.1 Å². The molecule has 142 valence electrons. The summed E-state index contributed by atoms with van der Waals surface area (Å²) in [6.07, 6.45) is 6.85. The number of hydrogen-bond acceptors (Lipinski definition) is 6. The number of imidazole rings is 1. The van der Waals surface area contributed by atoms with E-state index in [-0.39, 0.29) is 5.82 Å².